The Hall–Kier alpha value is -2.30. The van der Waals surface area contributed by atoms with Crippen LogP contribution in [0.15, 0.2) is 34.9 Å². The molecule has 0 aliphatic rings. The van der Waals surface area contributed by atoms with E-state index in [-0.39, 0.29) is 12.5 Å². The average Bonchev–Trinajstić information content (AvgIpc) is 2.85. The topological polar surface area (TPSA) is 64.4 Å². The van der Waals surface area contributed by atoms with Gasteiger partial charge >= 0.3 is 0 Å². The van der Waals surface area contributed by atoms with Crippen LogP contribution in [0.3, 0.4) is 0 Å². The number of nitrogens with zero attached hydrogens (tertiary/aromatic N) is 1. The fourth-order valence-corrected chi connectivity index (χ4v) is 1.73. The zero-order chi connectivity index (χ0) is 14.4. The van der Waals surface area contributed by atoms with Gasteiger partial charge in [0.2, 0.25) is 0 Å². The Morgan fingerprint density at radius 3 is 2.80 bits per heavy atom. The van der Waals surface area contributed by atoms with Crippen molar-refractivity contribution in [2.75, 3.05) is 6.54 Å². The lowest BCUT2D eigenvalue weighted by Gasteiger charge is -2.06. The molecule has 0 aliphatic heterocycles. The third kappa shape index (κ3) is 3.38. The van der Waals surface area contributed by atoms with E-state index >= 15 is 0 Å². The molecular formula is C15H18N2O3. The molecule has 0 spiro atoms. The third-order valence-corrected chi connectivity index (χ3v) is 2.86. The molecular weight excluding hydrogens is 256 g/mol. The van der Waals surface area contributed by atoms with Gasteiger partial charge in [-0.05, 0) is 25.5 Å². The van der Waals surface area contributed by atoms with Crippen LogP contribution in [0.1, 0.15) is 35.2 Å². The minimum Gasteiger partial charge on any atom is -0.489 e. The summed E-state index contributed by atoms with van der Waals surface area (Å²) in [6, 6.07) is 9.43. The lowest BCUT2D eigenvalue weighted by atomic mass is 10.2. The van der Waals surface area contributed by atoms with Gasteiger partial charge in [0.1, 0.15) is 18.1 Å². The van der Waals surface area contributed by atoms with Crippen LogP contribution in [0.4, 0.5) is 0 Å². The lowest BCUT2D eigenvalue weighted by Crippen LogP contribution is -2.25. The number of carbonyl (C=O) groups is 1. The van der Waals surface area contributed by atoms with Gasteiger partial charge in [0, 0.05) is 6.54 Å². The molecule has 1 N–H and O–H groups in total. The Morgan fingerprint density at radius 2 is 2.10 bits per heavy atom. The van der Waals surface area contributed by atoms with Gasteiger partial charge in [-0.2, -0.15) is 0 Å². The van der Waals surface area contributed by atoms with Crippen molar-refractivity contribution >= 4 is 5.91 Å². The standard InChI is InChI=1S/C15H18N2O3/c1-3-9-16-15(18)14-13(11(2)20-17-14)10-19-12-7-5-4-6-8-12/h4-8H,3,9-10H2,1-2H3,(H,16,18). The maximum absolute atomic E-state index is 12.0. The summed E-state index contributed by atoms with van der Waals surface area (Å²) in [6.07, 6.45) is 0.873. The molecule has 0 saturated carbocycles. The van der Waals surface area contributed by atoms with Crippen molar-refractivity contribution in [2.24, 2.45) is 0 Å². The Morgan fingerprint density at radius 1 is 1.35 bits per heavy atom. The van der Waals surface area contributed by atoms with Crippen LogP contribution in [0.5, 0.6) is 5.75 Å². The molecule has 0 bridgehead atoms. The van der Waals surface area contributed by atoms with Crippen molar-refractivity contribution in [3.8, 4) is 5.75 Å². The van der Waals surface area contributed by atoms with E-state index in [1.54, 1.807) is 6.92 Å². The van der Waals surface area contributed by atoms with E-state index in [4.69, 9.17) is 9.26 Å². The average molecular weight is 274 g/mol. The van der Waals surface area contributed by atoms with Crippen LogP contribution in [-0.4, -0.2) is 17.6 Å². The van der Waals surface area contributed by atoms with Gasteiger partial charge in [0.25, 0.3) is 5.91 Å². The van der Waals surface area contributed by atoms with Crippen molar-refractivity contribution in [1.82, 2.24) is 10.5 Å². The largest absolute Gasteiger partial charge is 0.489 e. The number of para-hydroxylation sites is 1. The zero-order valence-electron chi connectivity index (χ0n) is 11.7. The molecule has 0 unspecified atom stereocenters. The first kappa shape index (κ1) is 14.1. The van der Waals surface area contributed by atoms with E-state index in [1.165, 1.54) is 0 Å². The van der Waals surface area contributed by atoms with Gasteiger partial charge in [-0.3, -0.25) is 4.79 Å². The number of rotatable bonds is 6. The number of hydrogen-bond donors (Lipinski definition) is 1. The van der Waals surface area contributed by atoms with E-state index in [9.17, 15) is 4.79 Å². The molecule has 5 heteroatoms. The highest BCUT2D eigenvalue weighted by molar-refractivity contribution is 5.93. The minimum atomic E-state index is -0.227. The number of benzene rings is 1. The molecule has 1 heterocycles. The first-order valence-corrected chi connectivity index (χ1v) is 6.63. The van der Waals surface area contributed by atoms with Crippen LogP contribution in [0.2, 0.25) is 0 Å². The molecule has 0 radical (unpaired) electrons. The first-order chi connectivity index (χ1) is 9.72. The van der Waals surface area contributed by atoms with Crippen molar-refractivity contribution in [3.63, 3.8) is 0 Å². The van der Waals surface area contributed by atoms with E-state index in [0.29, 0.717) is 23.6 Å². The highest BCUT2D eigenvalue weighted by Gasteiger charge is 2.19. The molecule has 1 aromatic heterocycles. The molecule has 0 aliphatic carbocycles. The molecule has 1 aromatic carbocycles. The first-order valence-electron chi connectivity index (χ1n) is 6.63. The lowest BCUT2D eigenvalue weighted by molar-refractivity contribution is 0.0942. The Balaban J connectivity index is 2.07. The molecule has 0 saturated heterocycles. The van der Waals surface area contributed by atoms with Gasteiger partial charge in [-0.15, -0.1) is 0 Å². The molecule has 0 atom stereocenters. The number of aryl methyl sites for hydroxylation is 1. The van der Waals surface area contributed by atoms with Crippen LogP contribution >= 0.6 is 0 Å². The number of ether oxygens (including phenoxy) is 1. The van der Waals surface area contributed by atoms with Crippen molar-refractivity contribution in [2.45, 2.75) is 26.9 Å². The summed E-state index contributed by atoms with van der Waals surface area (Å²) in [7, 11) is 0. The highest BCUT2D eigenvalue weighted by Crippen LogP contribution is 2.17. The van der Waals surface area contributed by atoms with E-state index < -0.39 is 0 Å². The third-order valence-electron chi connectivity index (χ3n) is 2.86. The molecule has 1 amide bonds. The van der Waals surface area contributed by atoms with Crippen molar-refractivity contribution in [3.05, 3.63) is 47.3 Å². The van der Waals surface area contributed by atoms with E-state index in [1.807, 2.05) is 37.3 Å². The summed E-state index contributed by atoms with van der Waals surface area (Å²) in [6.45, 7) is 4.64. The molecule has 106 valence electrons. The Bertz CT molecular complexity index is 564. The van der Waals surface area contributed by atoms with Crippen molar-refractivity contribution < 1.29 is 14.1 Å². The number of hydrogen-bond acceptors (Lipinski definition) is 4. The highest BCUT2D eigenvalue weighted by atomic mass is 16.5. The van der Waals surface area contributed by atoms with E-state index in [0.717, 1.165) is 12.2 Å². The molecule has 2 rings (SSSR count). The predicted molar refractivity (Wildman–Crippen MR) is 74.6 cm³/mol. The smallest absolute Gasteiger partial charge is 0.273 e. The van der Waals surface area contributed by atoms with E-state index in [2.05, 4.69) is 10.5 Å². The second-order valence-electron chi connectivity index (χ2n) is 4.42. The number of amides is 1. The SMILES string of the molecule is CCCNC(=O)c1noc(C)c1COc1ccccc1. The van der Waals surface area contributed by atoms with Gasteiger partial charge in [-0.1, -0.05) is 30.3 Å². The quantitative estimate of drug-likeness (QED) is 0.879. The van der Waals surface area contributed by atoms with Gasteiger partial charge < -0.3 is 14.6 Å². The Labute approximate surface area is 117 Å². The van der Waals surface area contributed by atoms with Gasteiger partial charge in [0.15, 0.2) is 5.69 Å². The summed E-state index contributed by atoms with van der Waals surface area (Å²) in [5, 5.41) is 6.60. The molecule has 2 aromatic rings. The summed E-state index contributed by atoms with van der Waals surface area (Å²) >= 11 is 0. The minimum absolute atomic E-state index is 0.227. The maximum Gasteiger partial charge on any atom is 0.273 e. The van der Waals surface area contributed by atoms with Crippen molar-refractivity contribution in [1.29, 1.82) is 0 Å². The number of aromatic nitrogens is 1. The summed E-state index contributed by atoms with van der Waals surface area (Å²) in [4.78, 5) is 12.0. The number of nitrogens with one attached hydrogen (secondary N) is 1. The monoisotopic (exact) mass is 274 g/mol. The second-order valence-corrected chi connectivity index (χ2v) is 4.42. The number of carbonyl (C=O) groups excluding carboxylic acids is 1. The predicted octanol–water partition coefficient (Wildman–Crippen LogP) is 2.70. The molecule has 0 fully saturated rings. The fraction of sp³-hybridized carbons (Fsp3) is 0.333. The summed E-state index contributed by atoms with van der Waals surface area (Å²) in [5.41, 5.74) is 0.981. The zero-order valence-corrected chi connectivity index (χ0v) is 11.7. The molecule has 5 nitrogen and oxygen atoms in total. The fourth-order valence-electron chi connectivity index (χ4n) is 1.73. The second kappa shape index (κ2) is 6.75. The summed E-state index contributed by atoms with van der Waals surface area (Å²) in [5.74, 6) is 1.12. The molecule has 20 heavy (non-hydrogen) atoms. The van der Waals surface area contributed by atoms with Gasteiger partial charge in [-0.25, -0.2) is 0 Å². The maximum atomic E-state index is 12.0. The van der Waals surface area contributed by atoms with Crippen LogP contribution in [-0.2, 0) is 6.61 Å². The summed E-state index contributed by atoms with van der Waals surface area (Å²) < 4.78 is 10.7. The van der Waals surface area contributed by atoms with Crippen LogP contribution in [0.25, 0.3) is 0 Å². The Kier molecular flexibility index (Phi) is 4.76. The van der Waals surface area contributed by atoms with Crippen LogP contribution in [0, 0.1) is 6.92 Å². The van der Waals surface area contributed by atoms with Crippen LogP contribution < -0.4 is 10.1 Å². The normalized spacial score (nSPS) is 10.3. The van der Waals surface area contributed by atoms with Gasteiger partial charge in [0.05, 0.1) is 5.56 Å².